The van der Waals surface area contributed by atoms with E-state index in [1.54, 1.807) is 23.1 Å². The van der Waals surface area contributed by atoms with Gasteiger partial charge in [0.25, 0.3) is 5.91 Å². The molecule has 8 nitrogen and oxygen atoms in total. The van der Waals surface area contributed by atoms with E-state index in [0.717, 1.165) is 19.3 Å². The summed E-state index contributed by atoms with van der Waals surface area (Å²) in [7, 11) is 0. The third-order valence-electron chi connectivity index (χ3n) is 4.29. The average Bonchev–Trinajstić information content (AvgIpc) is 3.31. The van der Waals surface area contributed by atoms with Crippen molar-refractivity contribution in [2.24, 2.45) is 5.73 Å². The summed E-state index contributed by atoms with van der Waals surface area (Å²) >= 11 is 0. The maximum atomic E-state index is 12.8. The lowest BCUT2D eigenvalue weighted by Crippen LogP contribution is -2.49. The first kappa shape index (κ1) is 20.0. The minimum atomic E-state index is -0.195. The van der Waals surface area contributed by atoms with Crippen molar-refractivity contribution in [3.8, 4) is 11.5 Å². The number of amides is 2. The summed E-state index contributed by atoms with van der Waals surface area (Å²) in [6.07, 6.45) is 4.62. The number of piperidine rings is 1. The highest BCUT2D eigenvalue weighted by Gasteiger charge is 2.29. The number of furan rings is 1. The SMILES string of the molecule is Cl.NCCC(=O)NCC1CCCCN1C(=O)c1cc(-c2ccco2)on1. The Morgan fingerprint density at radius 2 is 2.19 bits per heavy atom. The lowest BCUT2D eigenvalue weighted by molar-refractivity contribution is -0.121. The largest absolute Gasteiger partial charge is 0.461 e. The topological polar surface area (TPSA) is 115 Å². The van der Waals surface area contributed by atoms with Gasteiger partial charge in [0.15, 0.2) is 11.5 Å². The van der Waals surface area contributed by atoms with Crippen molar-refractivity contribution in [2.75, 3.05) is 19.6 Å². The van der Waals surface area contributed by atoms with Crippen LogP contribution in [0.2, 0.25) is 0 Å². The molecule has 3 N–H and O–H groups in total. The van der Waals surface area contributed by atoms with Crippen LogP contribution in [0.1, 0.15) is 36.2 Å². The van der Waals surface area contributed by atoms with E-state index in [1.807, 2.05) is 0 Å². The molecule has 0 bridgehead atoms. The maximum Gasteiger partial charge on any atom is 0.276 e. The van der Waals surface area contributed by atoms with Crippen LogP contribution in [0.4, 0.5) is 0 Å². The Morgan fingerprint density at radius 3 is 2.92 bits per heavy atom. The molecular weight excluding hydrogens is 360 g/mol. The van der Waals surface area contributed by atoms with Gasteiger partial charge in [-0.1, -0.05) is 5.16 Å². The van der Waals surface area contributed by atoms with Crippen molar-refractivity contribution in [1.82, 2.24) is 15.4 Å². The minimum Gasteiger partial charge on any atom is -0.461 e. The first-order valence-corrected chi connectivity index (χ1v) is 8.47. The molecule has 0 saturated carbocycles. The lowest BCUT2D eigenvalue weighted by Gasteiger charge is -2.35. The van der Waals surface area contributed by atoms with Gasteiger partial charge in [0, 0.05) is 38.2 Å². The first-order valence-electron chi connectivity index (χ1n) is 8.47. The second-order valence-electron chi connectivity index (χ2n) is 6.04. The number of nitrogens with one attached hydrogen (secondary N) is 1. The molecular formula is C17H23ClN4O4. The molecule has 2 aromatic heterocycles. The maximum absolute atomic E-state index is 12.8. The third-order valence-corrected chi connectivity index (χ3v) is 4.29. The zero-order valence-corrected chi connectivity index (χ0v) is 15.2. The molecule has 0 spiro atoms. The Hall–Kier alpha value is -2.32. The summed E-state index contributed by atoms with van der Waals surface area (Å²) in [5.74, 6) is 0.648. The predicted octanol–water partition coefficient (Wildman–Crippen LogP) is 1.82. The third kappa shape index (κ3) is 4.64. The highest BCUT2D eigenvalue weighted by atomic mass is 35.5. The van der Waals surface area contributed by atoms with Crippen molar-refractivity contribution in [3.63, 3.8) is 0 Å². The highest BCUT2D eigenvalue weighted by Crippen LogP contribution is 2.23. The van der Waals surface area contributed by atoms with Crippen molar-refractivity contribution < 1.29 is 18.5 Å². The monoisotopic (exact) mass is 382 g/mol. The molecule has 26 heavy (non-hydrogen) atoms. The number of hydrogen-bond acceptors (Lipinski definition) is 6. The van der Waals surface area contributed by atoms with Gasteiger partial charge in [0.1, 0.15) is 0 Å². The smallest absolute Gasteiger partial charge is 0.276 e. The second kappa shape index (κ2) is 9.40. The van der Waals surface area contributed by atoms with Crippen molar-refractivity contribution in [1.29, 1.82) is 0 Å². The van der Waals surface area contributed by atoms with Gasteiger partial charge in [0.2, 0.25) is 11.7 Å². The van der Waals surface area contributed by atoms with E-state index in [1.165, 1.54) is 6.26 Å². The summed E-state index contributed by atoms with van der Waals surface area (Å²) in [5.41, 5.74) is 5.62. The highest BCUT2D eigenvalue weighted by molar-refractivity contribution is 5.93. The second-order valence-corrected chi connectivity index (χ2v) is 6.04. The van der Waals surface area contributed by atoms with E-state index in [9.17, 15) is 9.59 Å². The molecule has 0 aliphatic carbocycles. The average molecular weight is 383 g/mol. The molecule has 1 saturated heterocycles. The Bertz CT molecular complexity index is 716. The zero-order chi connectivity index (χ0) is 17.6. The molecule has 1 unspecified atom stereocenters. The molecule has 1 aliphatic heterocycles. The fourth-order valence-electron chi connectivity index (χ4n) is 2.99. The summed E-state index contributed by atoms with van der Waals surface area (Å²) in [5, 5.41) is 6.72. The summed E-state index contributed by atoms with van der Waals surface area (Å²) in [6.45, 7) is 1.38. The quantitative estimate of drug-likeness (QED) is 0.787. The Labute approximate surface area is 157 Å². The van der Waals surface area contributed by atoms with Crippen LogP contribution in [0.15, 0.2) is 33.4 Å². The summed E-state index contributed by atoms with van der Waals surface area (Å²) in [4.78, 5) is 26.2. The van der Waals surface area contributed by atoms with Gasteiger partial charge in [-0.25, -0.2) is 0 Å². The normalized spacial score (nSPS) is 16.8. The van der Waals surface area contributed by atoms with Gasteiger partial charge in [-0.15, -0.1) is 12.4 Å². The number of carbonyl (C=O) groups is 2. The molecule has 1 atom stereocenters. The molecule has 142 valence electrons. The summed E-state index contributed by atoms with van der Waals surface area (Å²) < 4.78 is 10.5. The molecule has 0 aromatic carbocycles. The van der Waals surface area contributed by atoms with E-state index in [4.69, 9.17) is 14.7 Å². The fraction of sp³-hybridized carbons (Fsp3) is 0.471. The molecule has 2 amide bonds. The Morgan fingerprint density at radius 1 is 1.35 bits per heavy atom. The lowest BCUT2D eigenvalue weighted by atomic mass is 10.0. The van der Waals surface area contributed by atoms with Crippen molar-refractivity contribution in [2.45, 2.75) is 31.7 Å². The van der Waals surface area contributed by atoms with Crippen LogP contribution in [-0.4, -0.2) is 47.5 Å². The van der Waals surface area contributed by atoms with Crippen LogP contribution in [0.3, 0.4) is 0 Å². The number of rotatable bonds is 6. The van der Waals surface area contributed by atoms with Crippen LogP contribution >= 0.6 is 12.4 Å². The van der Waals surface area contributed by atoms with Gasteiger partial charge in [0.05, 0.1) is 6.26 Å². The number of hydrogen-bond donors (Lipinski definition) is 2. The van der Waals surface area contributed by atoms with Gasteiger partial charge >= 0.3 is 0 Å². The zero-order valence-electron chi connectivity index (χ0n) is 14.3. The molecule has 3 heterocycles. The molecule has 1 fully saturated rings. The summed E-state index contributed by atoms with van der Waals surface area (Å²) in [6, 6.07) is 5.02. The van der Waals surface area contributed by atoms with Gasteiger partial charge in [-0.3, -0.25) is 9.59 Å². The minimum absolute atomic E-state index is 0. The predicted molar refractivity (Wildman–Crippen MR) is 96.8 cm³/mol. The van der Waals surface area contributed by atoms with E-state index in [0.29, 0.717) is 31.2 Å². The van der Waals surface area contributed by atoms with Crippen LogP contribution in [-0.2, 0) is 4.79 Å². The molecule has 9 heteroatoms. The number of nitrogens with two attached hydrogens (primary N) is 1. The van der Waals surface area contributed by atoms with E-state index >= 15 is 0 Å². The number of likely N-dealkylation sites (tertiary alicyclic amines) is 1. The molecule has 2 aromatic rings. The van der Waals surface area contributed by atoms with Crippen LogP contribution in [0, 0.1) is 0 Å². The first-order chi connectivity index (χ1) is 12.2. The van der Waals surface area contributed by atoms with Gasteiger partial charge < -0.3 is 24.9 Å². The van der Waals surface area contributed by atoms with E-state index in [-0.39, 0.29) is 42.4 Å². The van der Waals surface area contributed by atoms with Crippen LogP contribution < -0.4 is 11.1 Å². The Balaban J connectivity index is 0.00000243. The number of halogens is 1. The van der Waals surface area contributed by atoms with Crippen LogP contribution in [0.25, 0.3) is 11.5 Å². The molecule has 3 rings (SSSR count). The van der Waals surface area contributed by atoms with E-state index < -0.39 is 0 Å². The number of aromatic nitrogens is 1. The standard InChI is InChI=1S/C17H22N4O4.ClH/c18-7-6-16(22)19-11-12-4-1-2-8-21(12)17(23)13-10-15(25-20-13)14-5-3-9-24-14;/h3,5,9-10,12H,1-2,4,6-8,11,18H2,(H,19,22);1H. The number of carbonyl (C=O) groups excluding carboxylic acids is 2. The van der Waals surface area contributed by atoms with Crippen LogP contribution in [0.5, 0.6) is 0 Å². The number of nitrogens with zero attached hydrogens (tertiary/aromatic N) is 2. The fourth-order valence-corrected chi connectivity index (χ4v) is 2.99. The molecule has 0 radical (unpaired) electrons. The van der Waals surface area contributed by atoms with Gasteiger partial charge in [-0.05, 0) is 31.4 Å². The van der Waals surface area contributed by atoms with Crippen molar-refractivity contribution >= 4 is 24.2 Å². The Kier molecular flexibility index (Phi) is 7.23. The van der Waals surface area contributed by atoms with Gasteiger partial charge in [-0.2, -0.15) is 0 Å². The molecule has 1 aliphatic rings. The van der Waals surface area contributed by atoms with E-state index in [2.05, 4.69) is 10.5 Å². The van der Waals surface area contributed by atoms with Crippen molar-refractivity contribution in [3.05, 3.63) is 30.2 Å².